The normalized spacial score (nSPS) is 14.8. The predicted molar refractivity (Wildman–Crippen MR) is 64.0 cm³/mol. The molecule has 0 atom stereocenters. The summed E-state index contributed by atoms with van der Waals surface area (Å²) in [5.41, 5.74) is -0.00771. The number of benzene rings is 1. The van der Waals surface area contributed by atoms with Gasteiger partial charge in [0.15, 0.2) is 0 Å². The number of halogens is 5. The van der Waals surface area contributed by atoms with Crippen molar-refractivity contribution in [2.75, 3.05) is 5.75 Å². The van der Waals surface area contributed by atoms with Crippen LogP contribution in [0.1, 0.15) is 11.4 Å². The fraction of sp³-hybridized carbons (Fsp3) is 0.182. The lowest BCUT2D eigenvalue weighted by atomic mass is 10.1. The van der Waals surface area contributed by atoms with E-state index < -0.39 is 23.6 Å². The number of fused-ring (bicyclic) bond motifs is 1. The molecular formula is C11H5F5N4S. The average Bonchev–Trinajstić information content (AvgIpc) is 2.81. The Hall–Kier alpha value is -1.97. The van der Waals surface area contributed by atoms with Gasteiger partial charge in [-0.3, -0.25) is 0 Å². The topological polar surface area (TPSA) is 43.1 Å². The zero-order valence-corrected chi connectivity index (χ0v) is 10.8. The molecule has 0 N–H and O–H groups in total. The lowest BCUT2D eigenvalue weighted by Gasteiger charge is -2.15. The lowest BCUT2D eigenvalue weighted by Crippen LogP contribution is -2.19. The quantitative estimate of drug-likeness (QED) is 0.759. The first-order valence-corrected chi connectivity index (χ1v) is 6.53. The monoisotopic (exact) mass is 320 g/mol. The molecule has 0 fully saturated rings. The van der Waals surface area contributed by atoms with Gasteiger partial charge >= 0.3 is 6.18 Å². The maximum Gasteiger partial charge on any atom is 0.453 e. The molecule has 21 heavy (non-hydrogen) atoms. The molecule has 0 amide bonds. The largest absolute Gasteiger partial charge is 0.453 e. The van der Waals surface area contributed by atoms with Crippen molar-refractivity contribution in [3.63, 3.8) is 0 Å². The van der Waals surface area contributed by atoms with Crippen LogP contribution in [0.4, 0.5) is 22.0 Å². The van der Waals surface area contributed by atoms with Gasteiger partial charge in [-0.25, -0.2) is 8.78 Å². The van der Waals surface area contributed by atoms with Gasteiger partial charge in [0, 0.05) is 17.4 Å². The van der Waals surface area contributed by atoms with Gasteiger partial charge in [-0.15, -0.1) is 10.2 Å². The van der Waals surface area contributed by atoms with Crippen LogP contribution in [-0.2, 0) is 6.18 Å². The SMILES string of the molecule is Fc1ccc(C2=Nn3c(nnc3C(F)(F)F)SC2)c(F)c1. The van der Waals surface area contributed by atoms with Crippen molar-refractivity contribution in [3.8, 4) is 0 Å². The Labute approximate surface area is 118 Å². The summed E-state index contributed by atoms with van der Waals surface area (Å²) >= 11 is 0.940. The van der Waals surface area contributed by atoms with Crippen LogP contribution in [0.5, 0.6) is 0 Å². The summed E-state index contributed by atoms with van der Waals surface area (Å²) < 4.78 is 65.3. The Morgan fingerprint density at radius 2 is 1.90 bits per heavy atom. The summed E-state index contributed by atoms with van der Waals surface area (Å²) in [6.45, 7) is 0. The second kappa shape index (κ2) is 4.79. The molecule has 1 aromatic heterocycles. The third-order valence-corrected chi connectivity index (χ3v) is 3.60. The Morgan fingerprint density at radius 3 is 2.57 bits per heavy atom. The maximum absolute atomic E-state index is 13.7. The smallest absolute Gasteiger partial charge is 0.207 e. The van der Waals surface area contributed by atoms with E-state index in [1.807, 2.05) is 0 Å². The third-order valence-electron chi connectivity index (χ3n) is 2.67. The van der Waals surface area contributed by atoms with E-state index >= 15 is 0 Å². The number of aromatic nitrogens is 3. The maximum atomic E-state index is 13.7. The van der Waals surface area contributed by atoms with E-state index in [9.17, 15) is 22.0 Å². The Balaban J connectivity index is 2.09. The number of hydrogen-bond donors (Lipinski definition) is 0. The molecule has 2 heterocycles. The molecular weight excluding hydrogens is 315 g/mol. The summed E-state index contributed by atoms with van der Waals surface area (Å²) in [5.74, 6) is -2.84. The van der Waals surface area contributed by atoms with Crippen molar-refractivity contribution in [1.29, 1.82) is 0 Å². The highest BCUT2D eigenvalue weighted by atomic mass is 32.2. The Morgan fingerprint density at radius 1 is 1.14 bits per heavy atom. The van der Waals surface area contributed by atoms with E-state index in [1.165, 1.54) is 0 Å². The van der Waals surface area contributed by atoms with Gasteiger partial charge in [0.25, 0.3) is 5.82 Å². The minimum Gasteiger partial charge on any atom is -0.207 e. The minimum atomic E-state index is -4.72. The van der Waals surface area contributed by atoms with Crippen LogP contribution in [0.25, 0.3) is 0 Å². The Bertz CT molecular complexity index is 737. The second-order valence-electron chi connectivity index (χ2n) is 4.08. The fourth-order valence-electron chi connectivity index (χ4n) is 1.76. The van der Waals surface area contributed by atoms with Crippen molar-refractivity contribution in [3.05, 3.63) is 41.2 Å². The average molecular weight is 320 g/mol. The third kappa shape index (κ3) is 2.50. The van der Waals surface area contributed by atoms with Crippen LogP contribution in [0.3, 0.4) is 0 Å². The molecule has 10 heteroatoms. The second-order valence-corrected chi connectivity index (χ2v) is 5.02. The van der Waals surface area contributed by atoms with E-state index in [0.717, 1.165) is 23.9 Å². The van der Waals surface area contributed by atoms with Gasteiger partial charge in [0.2, 0.25) is 5.16 Å². The highest BCUT2D eigenvalue weighted by molar-refractivity contribution is 7.99. The van der Waals surface area contributed by atoms with Crippen LogP contribution in [0, 0.1) is 11.6 Å². The zero-order chi connectivity index (χ0) is 15.2. The summed E-state index contributed by atoms with van der Waals surface area (Å²) in [5, 5.41) is 10.1. The molecule has 2 aromatic rings. The summed E-state index contributed by atoms with van der Waals surface area (Å²) in [4.78, 5) is 0. The molecule has 0 radical (unpaired) electrons. The van der Waals surface area contributed by atoms with Crippen LogP contribution in [0.15, 0.2) is 28.5 Å². The van der Waals surface area contributed by atoms with Gasteiger partial charge < -0.3 is 0 Å². The van der Waals surface area contributed by atoms with Crippen LogP contribution in [-0.4, -0.2) is 26.3 Å². The van der Waals surface area contributed by atoms with Crippen molar-refractivity contribution in [1.82, 2.24) is 14.9 Å². The highest BCUT2D eigenvalue weighted by Crippen LogP contribution is 2.33. The first kappa shape index (κ1) is 14.0. The van der Waals surface area contributed by atoms with E-state index in [1.54, 1.807) is 0 Å². The van der Waals surface area contributed by atoms with Crippen molar-refractivity contribution in [2.24, 2.45) is 5.10 Å². The van der Waals surface area contributed by atoms with Crippen LogP contribution in [0.2, 0.25) is 0 Å². The van der Waals surface area contributed by atoms with E-state index in [2.05, 4.69) is 15.3 Å². The van der Waals surface area contributed by atoms with Crippen LogP contribution < -0.4 is 0 Å². The number of thioether (sulfide) groups is 1. The summed E-state index contributed by atoms with van der Waals surface area (Å²) in [6, 6.07) is 2.79. The van der Waals surface area contributed by atoms with E-state index in [0.29, 0.717) is 10.7 Å². The van der Waals surface area contributed by atoms with Crippen molar-refractivity contribution in [2.45, 2.75) is 11.3 Å². The summed E-state index contributed by atoms with van der Waals surface area (Å²) in [7, 11) is 0. The molecule has 3 rings (SSSR count). The minimum absolute atomic E-state index is 0.0337. The molecule has 0 bridgehead atoms. The molecule has 1 aromatic carbocycles. The van der Waals surface area contributed by atoms with Gasteiger partial charge in [-0.2, -0.15) is 22.9 Å². The van der Waals surface area contributed by atoms with Gasteiger partial charge in [-0.05, 0) is 12.1 Å². The fourth-order valence-corrected chi connectivity index (χ4v) is 2.59. The lowest BCUT2D eigenvalue weighted by molar-refractivity contribution is -0.147. The zero-order valence-electron chi connectivity index (χ0n) is 10.0. The summed E-state index contributed by atoms with van der Waals surface area (Å²) in [6.07, 6.45) is -4.72. The molecule has 1 aliphatic rings. The molecule has 0 aliphatic carbocycles. The van der Waals surface area contributed by atoms with E-state index in [4.69, 9.17) is 0 Å². The molecule has 4 nitrogen and oxygen atoms in total. The highest BCUT2D eigenvalue weighted by Gasteiger charge is 2.40. The number of alkyl halides is 3. The Kier molecular flexibility index (Phi) is 3.19. The molecule has 110 valence electrons. The molecule has 0 saturated carbocycles. The molecule has 1 aliphatic heterocycles. The number of nitrogens with zero attached hydrogens (tertiary/aromatic N) is 4. The van der Waals surface area contributed by atoms with Gasteiger partial charge in [0.1, 0.15) is 11.6 Å². The first-order chi connectivity index (χ1) is 9.86. The van der Waals surface area contributed by atoms with Crippen molar-refractivity contribution >= 4 is 17.5 Å². The molecule has 0 spiro atoms. The molecule has 0 saturated heterocycles. The van der Waals surface area contributed by atoms with Gasteiger partial charge in [-0.1, -0.05) is 11.8 Å². The van der Waals surface area contributed by atoms with Crippen molar-refractivity contribution < 1.29 is 22.0 Å². The van der Waals surface area contributed by atoms with E-state index in [-0.39, 0.29) is 22.2 Å². The predicted octanol–water partition coefficient (Wildman–Crippen LogP) is 2.93. The van der Waals surface area contributed by atoms with Crippen LogP contribution >= 0.6 is 11.8 Å². The number of hydrogen-bond acceptors (Lipinski definition) is 4. The number of rotatable bonds is 1. The first-order valence-electron chi connectivity index (χ1n) is 5.55. The molecule has 0 unspecified atom stereocenters. The van der Waals surface area contributed by atoms with Gasteiger partial charge in [0.05, 0.1) is 5.71 Å². The standard InChI is InChI=1S/C11H5F5N4S/c12-5-1-2-6(7(13)3-5)8-4-21-10-18-17-9(11(14,15)16)20(10)19-8/h1-3H,4H2.